The first-order valence-corrected chi connectivity index (χ1v) is 6.36. The third-order valence-electron chi connectivity index (χ3n) is 3.62. The number of non-ortho nitro benzene ring substituents is 1. The SMILES string of the molecule is O=Cc1nnn(-c2cccc([N+](=O)[O-])c2)c1C1CCC1. The van der Waals surface area contributed by atoms with Crippen LogP contribution >= 0.6 is 0 Å². The molecule has 1 aliphatic carbocycles. The molecule has 0 spiro atoms. The molecule has 0 unspecified atom stereocenters. The first-order chi connectivity index (χ1) is 9.70. The van der Waals surface area contributed by atoms with E-state index in [1.807, 2.05) is 0 Å². The monoisotopic (exact) mass is 272 g/mol. The molecule has 20 heavy (non-hydrogen) atoms. The highest BCUT2D eigenvalue weighted by molar-refractivity contribution is 5.74. The van der Waals surface area contributed by atoms with Gasteiger partial charge in [-0.2, -0.15) is 0 Å². The molecule has 0 atom stereocenters. The molecule has 1 fully saturated rings. The van der Waals surface area contributed by atoms with Gasteiger partial charge >= 0.3 is 0 Å². The Morgan fingerprint density at radius 1 is 1.40 bits per heavy atom. The van der Waals surface area contributed by atoms with Crippen molar-refractivity contribution >= 4 is 12.0 Å². The van der Waals surface area contributed by atoms with Gasteiger partial charge in [-0.3, -0.25) is 14.9 Å². The molecule has 0 bridgehead atoms. The lowest BCUT2D eigenvalue weighted by molar-refractivity contribution is -0.384. The van der Waals surface area contributed by atoms with Gasteiger partial charge in [0, 0.05) is 18.1 Å². The molecule has 1 aliphatic rings. The molecule has 0 aliphatic heterocycles. The van der Waals surface area contributed by atoms with Crippen LogP contribution in [-0.4, -0.2) is 26.2 Å². The van der Waals surface area contributed by atoms with Crippen LogP contribution in [0.2, 0.25) is 0 Å². The van der Waals surface area contributed by atoms with Crippen molar-refractivity contribution < 1.29 is 9.72 Å². The first kappa shape index (κ1) is 12.5. The molecule has 1 saturated carbocycles. The number of nitrogens with zero attached hydrogens (tertiary/aromatic N) is 4. The van der Waals surface area contributed by atoms with E-state index in [2.05, 4.69) is 10.3 Å². The molecule has 1 heterocycles. The Hall–Kier alpha value is -2.57. The number of rotatable bonds is 4. The lowest BCUT2D eigenvalue weighted by Crippen LogP contribution is -2.16. The van der Waals surface area contributed by atoms with Gasteiger partial charge in [0.1, 0.15) is 5.69 Å². The number of hydrogen-bond acceptors (Lipinski definition) is 5. The molecular formula is C13H12N4O3. The van der Waals surface area contributed by atoms with E-state index < -0.39 is 4.92 Å². The fourth-order valence-electron chi connectivity index (χ4n) is 2.38. The second-order valence-corrected chi connectivity index (χ2v) is 4.79. The Morgan fingerprint density at radius 2 is 2.20 bits per heavy atom. The molecular weight excluding hydrogens is 260 g/mol. The number of aromatic nitrogens is 3. The first-order valence-electron chi connectivity index (χ1n) is 6.36. The summed E-state index contributed by atoms with van der Waals surface area (Å²) in [5, 5.41) is 18.7. The maximum Gasteiger partial charge on any atom is 0.271 e. The third-order valence-corrected chi connectivity index (χ3v) is 3.62. The van der Waals surface area contributed by atoms with Crippen molar-refractivity contribution in [2.45, 2.75) is 25.2 Å². The highest BCUT2D eigenvalue weighted by Gasteiger charge is 2.28. The molecule has 0 saturated heterocycles. The zero-order valence-electron chi connectivity index (χ0n) is 10.6. The molecule has 0 amide bonds. The Morgan fingerprint density at radius 3 is 2.80 bits per heavy atom. The summed E-state index contributed by atoms with van der Waals surface area (Å²) in [5.74, 6) is 0.254. The van der Waals surface area contributed by atoms with Gasteiger partial charge in [0.05, 0.1) is 16.3 Å². The average Bonchev–Trinajstić information content (AvgIpc) is 2.80. The molecule has 3 rings (SSSR count). The molecule has 0 radical (unpaired) electrons. The van der Waals surface area contributed by atoms with Crippen LogP contribution in [0.25, 0.3) is 5.69 Å². The van der Waals surface area contributed by atoms with Crippen LogP contribution in [0.5, 0.6) is 0 Å². The van der Waals surface area contributed by atoms with Gasteiger partial charge < -0.3 is 0 Å². The summed E-state index contributed by atoms with van der Waals surface area (Å²) in [6, 6.07) is 6.17. The quantitative estimate of drug-likeness (QED) is 0.483. The van der Waals surface area contributed by atoms with Crippen molar-refractivity contribution in [1.82, 2.24) is 15.0 Å². The van der Waals surface area contributed by atoms with E-state index in [-0.39, 0.29) is 11.6 Å². The predicted molar refractivity (Wildman–Crippen MR) is 70.0 cm³/mol. The zero-order chi connectivity index (χ0) is 14.1. The van der Waals surface area contributed by atoms with E-state index in [1.54, 1.807) is 16.8 Å². The van der Waals surface area contributed by atoms with E-state index in [1.165, 1.54) is 12.1 Å². The predicted octanol–water partition coefficient (Wildman–Crippen LogP) is 2.26. The second-order valence-electron chi connectivity index (χ2n) is 4.79. The van der Waals surface area contributed by atoms with Gasteiger partial charge in [0.15, 0.2) is 6.29 Å². The Bertz CT molecular complexity index is 676. The van der Waals surface area contributed by atoms with Gasteiger partial charge in [-0.15, -0.1) is 5.10 Å². The second kappa shape index (κ2) is 4.84. The Balaban J connectivity index is 2.09. The van der Waals surface area contributed by atoms with Crippen LogP contribution in [0.3, 0.4) is 0 Å². The lowest BCUT2D eigenvalue weighted by Gasteiger charge is -2.25. The summed E-state index contributed by atoms with van der Waals surface area (Å²) < 4.78 is 1.54. The zero-order valence-corrected chi connectivity index (χ0v) is 10.6. The molecule has 2 aromatic rings. The molecule has 7 heteroatoms. The van der Waals surface area contributed by atoms with Crippen LogP contribution in [0.4, 0.5) is 5.69 Å². The maximum atomic E-state index is 11.1. The summed E-state index contributed by atoms with van der Waals surface area (Å²) in [7, 11) is 0. The molecule has 7 nitrogen and oxygen atoms in total. The normalized spacial score (nSPS) is 14.8. The van der Waals surface area contributed by atoms with Crippen LogP contribution in [0.1, 0.15) is 41.4 Å². The standard InChI is InChI=1S/C13H12N4O3/c18-8-12-13(9-3-1-4-9)16(15-14-12)10-5-2-6-11(7-10)17(19)20/h2,5-9H,1,3-4H2. The number of hydrogen-bond donors (Lipinski definition) is 0. The van der Waals surface area contributed by atoms with E-state index in [0.29, 0.717) is 17.7 Å². The van der Waals surface area contributed by atoms with E-state index in [9.17, 15) is 14.9 Å². The smallest absolute Gasteiger partial charge is 0.271 e. The fraction of sp³-hybridized carbons (Fsp3) is 0.308. The lowest BCUT2D eigenvalue weighted by atomic mass is 9.82. The largest absolute Gasteiger partial charge is 0.296 e. The summed E-state index contributed by atoms with van der Waals surface area (Å²) in [5.41, 5.74) is 1.62. The molecule has 1 aromatic carbocycles. The van der Waals surface area contributed by atoms with E-state index in [0.717, 1.165) is 25.0 Å². The molecule has 102 valence electrons. The van der Waals surface area contributed by atoms with E-state index in [4.69, 9.17) is 0 Å². The Kier molecular flexibility index (Phi) is 3.02. The number of carbonyl (C=O) groups is 1. The topological polar surface area (TPSA) is 90.9 Å². The van der Waals surface area contributed by atoms with Crippen molar-refractivity contribution in [2.75, 3.05) is 0 Å². The van der Waals surface area contributed by atoms with E-state index >= 15 is 0 Å². The summed E-state index contributed by atoms with van der Waals surface area (Å²) in [6.45, 7) is 0. The van der Waals surface area contributed by atoms with Crippen molar-refractivity contribution in [3.05, 3.63) is 45.8 Å². The van der Waals surface area contributed by atoms with Crippen LogP contribution in [-0.2, 0) is 0 Å². The number of nitro benzene ring substituents is 1. The van der Waals surface area contributed by atoms with Crippen molar-refractivity contribution in [3.63, 3.8) is 0 Å². The van der Waals surface area contributed by atoms with Gasteiger partial charge in [-0.25, -0.2) is 4.68 Å². The van der Waals surface area contributed by atoms with Crippen LogP contribution in [0, 0.1) is 10.1 Å². The number of benzene rings is 1. The van der Waals surface area contributed by atoms with Crippen molar-refractivity contribution in [2.24, 2.45) is 0 Å². The minimum absolute atomic E-state index is 0.00906. The molecule has 0 N–H and O–H groups in total. The summed E-state index contributed by atoms with van der Waals surface area (Å²) >= 11 is 0. The van der Waals surface area contributed by atoms with Crippen molar-refractivity contribution in [1.29, 1.82) is 0 Å². The summed E-state index contributed by atoms with van der Waals surface area (Å²) in [6.07, 6.45) is 3.78. The number of carbonyl (C=O) groups excluding carboxylic acids is 1. The van der Waals surface area contributed by atoms with Crippen LogP contribution in [0.15, 0.2) is 24.3 Å². The van der Waals surface area contributed by atoms with Crippen LogP contribution < -0.4 is 0 Å². The van der Waals surface area contributed by atoms with Gasteiger partial charge in [-0.1, -0.05) is 17.7 Å². The van der Waals surface area contributed by atoms with Gasteiger partial charge in [0.25, 0.3) is 5.69 Å². The third kappa shape index (κ3) is 1.97. The minimum atomic E-state index is -0.454. The summed E-state index contributed by atoms with van der Waals surface area (Å²) in [4.78, 5) is 21.4. The minimum Gasteiger partial charge on any atom is -0.296 e. The number of nitro groups is 1. The Labute approximate surface area is 114 Å². The average molecular weight is 272 g/mol. The number of aldehydes is 1. The highest BCUT2D eigenvalue weighted by Crippen LogP contribution is 2.38. The van der Waals surface area contributed by atoms with Gasteiger partial charge in [-0.05, 0) is 18.9 Å². The highest BCUT2D eigenvalue weighted by atomic mass is 16.6. The van der Waals surface area contributed by atoms with Crippen molar-refractivity contribution in [3.8, 4) is 5.69 Å². The van der Waals surface area contributed by atoms with Gasteiger partial charge in [0.2, 0.25) is 0 Å². The molecule has 1 aromatic heterocycles. The fourth-order valence-corrected chi connectivity index (χ4v) is 2.38. The maximum absolute atomic E-state index is 11.1.